The van der Waals surface area contributed by atoms with Gasteiger partial charge in [0.25, 0.3) is 0 Å². The van der Waals surface area contributed by atoms with Gasteiger partial charge >= 0.3 is 0 Å². The molecule has 1 aliphatic rings. The number of rotatable bonds is 6. The van der Waals surface area contributed by atoms with Crippen molar-refractivity contribution in [3.63, 3.8) is 0 Å². The first kappa shape index (κ1) is 15.5. The summed E-state index contributed by atoms with van der Waals surface area (Å²) in [5.74, 6) is 1.17. The van der Waals surface area contributed by atoms with Crippen molar-refractivity contribution in [3.05, 3.63) is 29.8 Å². The van der Waals surface area contributed by atoms with E-state index in [9.17, 15) is 4.79 Å². The lowest BCUT2D eigenvalue weighted by Crippen LogP contribution is -2.19. The summed E-state index contributed by atoms with van der Waals surface area (Å²) in [7, 11) is 4.01. The summed E-state index contributed by atoms with van der Waals surface area (Å²) in [6.07, 6.45) is 1.64. The average molecular weight is 306 g/mol. The Bertz CT molecular complexity index is 558. The van der Waals surface area contributed by atoms with E-state index in [1.165, 1.54) is 11.8 Å². The molecule has 1 aliphatic heterocycles. The highest BCUT2D eigenvalue weighted by atomic mass is 32.2. The summed E-state index contributed by atoms with van der Waals surface area (Å²) < 4.78 is 5.65. The Morgan fingerprint density at radius 3 is 3.05 bits per heavy atom. The first-order chi connectivity index (χ1) is 10.1. The maximum Gasteiger partial charge on any atom is 0.236 e. The molecule has 0 spiro atoms. The number of benzene rings is 1. The molecule has 1 fully saturated rings. The van der Waals surface area contributed by atoms with Gasteiger partial charge in [-0.3, -0.25) is 4.79 Å². The van der Waals surface area contributed by atoms with Crippen LogP contribution < -0.4 is 10.1 Å². The van der Waals surface area contributed by atoms with Crippen LogP contribution in [0.2, 0.25) is 0 Å². The number of thioether (sulfide) groups is 1. The van der Waals surface area contributed by atoms with E-state index in [0.717, 1.165) is 17.9 Å². The summed E-state index contributed by atoms with van der Waals surface area (Å²) in [5, 5.41) is 11.1. The Morgan fingerprint density at radius 2 is 2.33 bits per heavy atom. The molecule has 0 bridgehead atoms. The minimum absolute atomic E-state index is 0.0368. The van der Waals surface area contributed by atoms with Gasteiger partial charge in [-0.2, -0.15) is 5.10 Å². The van der Waals surface area contributed by atoms with E-state index in [-0.39, 0.29) is 5.91 Å². The van der Waals surface area contributed by atoms with E-state index >= 15 is 0 Å². The number of nitrogens with zero attached hydrogens (tertiary/aromatic N) is 3. The van der Waals surface area contributed by atoms with Crippen molar-refractivity contribution in [3.8, 4) is 5.75 Å². The molecular formula is C14H18N4O2S. The summed E-state index contributed by atoms with van der Waals surface area (Å²) in [6.45, 7) is 1.50. The van der Waals surface area contributed by atoms with Gasteiger partial charge in [0.2, 0.25) is 5.91 Å². The maximum atomic E-state index is 11.0. The van der Waals surface area contributed by atoms with Crippen LogP contribution in [0.25, 0.3) is 0 Å². The van der Waals surface area contributed by atoms with Crippen LogP contribution in [-0.4, -0.2) is 55.2 Å². The van der Waals surface area contributed by atoms with E-state index < -0.39 is 0 Å². The van der Waals surface area contributed by atoms with Crippen molar-refractivity contribution >= 4 is 29.1 Å². The van der Waals surface area contributed by atoms with Crippen molar-refractivity contribution in [2.24, 2.45) is 10.2 Å². The van der Waals surface area contributed by atoms with Crippen LogP contribution in [0.5, 0.6) is 5.75 Å². The fourth-order valence-electron chi connectivity index (χ4n) is 1.56. The lowest BCUT2D eigenvalue weighted by atomic mass is 10.2. The van der Waals surface area contributed by atoms with Gasteiger partial charge < -0.3 is 15.0 Å². The first-order valence-corrected chi connectivity index (χ1v) is 7.53. The molecule has 2 rings (SSSR count). The molecule has 1 N–H and O–H groups in total. The monoisotopic (exact) mass is 306 g/mol. The van der Waals surface area contributed by atoms with Gasteiger partial charge in [-0.05, 0) is 31.8 Å². The Morgan fingerprint density at radius 1 is 1.48 bits per heavy atom. The summed E-state index contributed by atoms with van der Waals surface area (Å²) in [6, 6.07) is 7.64. The van der Waals surface area contributed by atoms with Crippen molar-refractivity contribution in [1.29, 1.82) is 0 Å². The van der Waals surface area contributed by atoms with Crippen LogP contribution in [0.15, 0.2) is 34.5 Å². The maximum absolute atomic E-state index is 11.0. The molecule has 0 unspecified atom stereocenters. The third-order valence-electron chi connectivity index (χ3n) is 2.61. The van der Waals surface area contributed by atoms with Crippen LogP contribution in [0.1, 0.15) is 5.56 Å². The van der Waals surface area contributed by atoms with E-state index in [4.69, 9.17) is 4.74 Å². The normalized spacial score (nSPS) is 16.9. The molecule has 6 nitrogen and oxygen atoms in total. The smallest absolute Gasteiger partial charge is 0.236 e. The van der Waals surface area contributed by atoms with Gasteiger partial charge in [-0.15, -0.1) is 5.10 Å². The highest BCUT2D eigenvalue weighted by Gasteiger charge is 2.15. The van der Waals surface area contributed by atoms with Gasteiger partial charge in [0.1, 0.15) is 12.4 Å². The van der Waals surface area contributed by atoms with Gasteiger partial charge in [-0.25, -0.2) is 0 Å². The minimum Gasteiger partial charge on any atom is -0.492 e. The third kappa shape index (κ3) is 5.57. The third-order valence-corrected chi connectivity index (χ3v) is 3.47. The number of carbonyl (C=O) groups excluding carboxylic acids is 1. The Balaban J connectivity index is 1.90. The van der Waals surface area contributed by atoms with Gasteiger partial charge in [0.05, 0.1) is 12.0 Å². The molecule has 1 aromatic carbocycles. The Kier molecular flexibility index (Phi) is 5.77. The molecule has 0 saturated carbocycles. The number of hydrogen-bond donors (Lipinski definition) is 1. The number of hydrogen-bond acceptors (Lipinski definition) is 6. The molecule has 1 aromatic rings. The fraction of sp³-hybridized carbons (Fsp3) is 0.357. The molecule has 0 atom stereocenters. The zero-order chi connectivity index (χ0) is 15.1. The van der Waals surface area contributed by atoms with Gasteiger partial charge in [0.15, 0.2) is 5.17 Å². The van der Waals surface area contributed by atoms with Crippen molar-refractivity contribution in [1.82, 2.24) is 10.2 Å². The summed E-state index contributed by atoms with van der Waals surface area (Å²) in [4.78, 5) is 13.1. The van der Waals surface area contributed by atoms with Crippen LogP contribution in [0.4, 0.5) is 0 Å². The number of likely N-dealkylation sites (N-methyl/N-ethyl adjacent to an activating group) is 1. The molecule has 0 radical (unpaired) electrons. The number of ether oxygens (including phenoxy) is 1. The standard InChI is InChI=1S/C14H18N4O2S/c1-18(2)6-7-20-12-5-3-4-11(8-12)9-15-17-14-16-13(19)10-21-14/h3-5,8-9H,6-7,10H2,1-2H3,(H,16,17,19). The van der Waals surface area contributed by atoms with Crippen LogP contribution in [0, 0.1) is 0 Å². The van der Waals surface area contributed by atoms with E-state index in [1.807, 2.05) is 38.4 Å². The van der Waals surface area contributed by atoms with Crippen LogP contribution in [0.3, 0.4) is 0 Å². The molecule has 1 heterocycles. The first-order valence-electron chi connectivity index (χ1n) is 6.55. The van der Waals surface area contributed by atoms with Crippen LogP contribution >= 0.6 is 11.8 Å². The Hall–Kier alpha value is -1.86. The average Bonchev–Trinajstić information content (AvgIpc) is 2.85. The zero-order valence-corrected chi connectivity index (χ0v) is 12.9. The molecule has 7 heteroatoms. The molecular weight excluding hydrogens is 288 g/mol. The van der Waals surface area contributed by atoms with E-state index in [1.54, 1.807) is 6.21 Å². The van der Waals surface area contributed by atoms with Crippen molar-refractivity contribution in [2.45, 2.75) is 0 Å². The SMILES string of the molecule is CN(C)CCOc1cccc(C=NN=C2NC(=O)CS2)c1. The second-order valence-corrected chi connectivity index (χ2v) is 5.67. The number of amides is 1. The summed E-state index contributed by atoms with van der Waals surface area (Å²) >= 11 is 1.35. The quantitative estimate of drug-likeness (QED) is 0.633. The lowest BCUT2D eigenvalue weighted by molar-refractivity contribution is -0.116. The molecule has 112 valence electrons. The lowest BCUT2D eigenvalue weighted by Gasteiger charge is -2.11. The largest absolute Gasteiger partial charge is 0.492 e. The zero-order valence-electron chi connectivity index (χ0n) is 12.1. The molecule has 1 amide bonds. The second-order valence-electron chi connectivity index (χ2n) is 4.71. The van der Waals surface area contributed by atoms with Crippen molar-refractivity contribution < 1.29 is 9.53 Å². The topological polar surface area (TPSA) is 66.3 Å². The van der Waals surface area contributed by atoms with E-state index in [0.29, 0.717) is 17.5 Å². The van der Waals surface area contributed by atoms with Gasteiger partial charge in [-0.1, -0.05) is 23.9 Å². The fourth-order valence-corrected chi connectivity index (χ4v) is 2.19. The van der Waals surface area contributed by atoms with Gasteiger partial charge in [0, 0.05) is 6.54 Å². The predicted octanol–water partition coefficient (Wildman–Crippen LogP) is 1.18. The Labute approximate surface area is 128 Å². The summed E-state index contributed by atoms with van der Waals surface area (Å²) in [5.41, 5.74) is 0.899. The van der Waals surface area contributed by atoms with Crippen molar-refractivity contribution in [2.75, 3.05) is 33.0 Å². The highest BCUT2D eigenvalue weighted by molar-refractivity contribution is 8.15. The van der Waals surface area contributed by atoms with Crippen LogP contribution in [-0.2, 0) is 4.79 Å². The minimum atomic E-state index is -0.0368. The molecule has 21 heavy (non-hydrogen) atoms. The predicted molar refractivity (Wildman–Crippen MR) is 86.1 cm³/mol. The van der Waals surface area contributed by atoms with E-state index in [2.05, 4.69) is 20.4 Å². The highest BCUT2D eigenvalue weighted by Crippen LogP contribution is 2.12. The molecule has 0 aliphatic carbocycles. The second kappa shape index (κ2) is 7.80. The number of carbonyl (C=O) groups is 1. The number of nitrogens with one attached hydrogen (secondary N) is 1. The molecule has 0 aromatic heterocycles. The number of amidine groups is 1. The molecule has 1 saturated heterocycles.